The lowest BCUT2D eigenvalue weighted by Crippen LogP contribution is -2.13. The molecule has 3 heteroatoms. The third-order valence-electron chi connectivity index (χ3n) is 3.04. The van der Waals surface area contributed by atoms with Crippen molar-refractivity contribution in [2.75, 3.05) is 18.5 Å². The first kappa shape index (κ1) is 11.4. The Morgan fingerprint density at radius 3 is 3.06 bits per heavy atom. The number of nitrogens with zero attached hydrogens (tertiary/aromatic N) is 1. The van der Waals surface area contributed by atoms with Crippen LogP contribution in [0.4, 0.5) is 5.82 Å². The Balaban J connectivity index is 1.90. The van der Waals surface area contributed by atoms with Crippen molar-refractivity contribution in [3.8, 4) is 0 Å². The van der Waals surface area contributed by atoms with Crippen molar-refractivity contribution < 1.29 is 5.11 Å². The van der Waals surface area contributed by atoms with Crippen LogP contribution in [0.25, 0.3) is 0 Å². The van der Waals surface area contributed by atoms with Crippen molar-refractivity contribution >= 4 is 5.82 Å². The minimum absolute atomic E-state index is 0.305. The van der Waals surface area contributed by atoms with Crippen molar-refractivity contribution in [2.45, 2.75) is 38.5 Å². The number of hydrogen-bond donors (Lipinski definition) is 2. The Kier molecular flexibility index (Phi) is 4.17. The van der Waals surface area contributed by atoms with Gasteiger partial charge in [0.05, 0.1) is 0 Å². The molecule has 2 rings (SSSR count). The minimum atomic E-state index is 0.305. The van der Waals surface area contributed by atoms with E-state index in [1.807, 2.05) is 0 Å². The molecular formula is C13H20N2O. The number of aliphatic hydroxyl groups excluding tert-OH is 1. The van der Waals surface area contributed by atoms with E-state index in [1.54, 1.807) is 0 Å². The van der Waals surface area contributed by atoms with Crippen LogP contribution in [0.5, 0.6) is 0 Å². The van der Waals surface area contributed by atoms with Crippen molar-refractivity contribution in [1.82, 2.24) is 4.98 Å². The molecule has 0 radical (unpaired) electrons. The van der Waals surface area contributed by atoms with Crippen LogP contribution in [0, 0.1) is 0 Å². The largest absolute Gasteiger partial charge is 0.396 e. The van der Waals surface area contributed by atoms with E-state index in [0.29, 0.717) is 6.61 Å². The number of aryl methyl sites for hydroxylation is 2. The van der Waals surface area contributed by atoms with Gasteiger partial charge in [-0.2, -0.15) is 0 Å². The fourth-order valence-electron chi connectivity index (χ4n) is 2.10. The second kappa shape index (κ2) is 5.85. The zero-order valence-electron chi connectivity index (χ0n) is 9.71. The molecule has 0 atom stereocenters. The molecule has 0 spiro atoms. The lowest BCUT2D eigenvalue weighted by molar-refractivity contribution is 0.283. The average molecular weight is 220 g/mol. The molecule has 0 unspecified atom stereocenters. The number of nitrogens with one attached hydrogen (secondary N) is 1. The normalized spacial score (nSPS) is 14.3. The van der Waals surface area contributed by atoms with Gasteiger partial charge in [-0.15, -0.1) is 0 Å². The van der Waals surface area contributed by atoms with E-state index in [-0.39, 0.29) is 0 Å². The van der Waals surface area contributed by atoms with Gasteiger partial charge < -0.3 is 10.4 Å². The van der Waals surface area contributed by atoms with Crippen LogP contribution < -0.4 is 5.32 Å². The number of rotatable bonds is 5. The molecule has 0 aromatic carbocycles. The van der Waals surface area contributed by atoms with E-state index >= 15 is 0 Å². The number of hydrogen-bond acceptors (Lipinski definition) is 3. The van der Waals surface area contributed by atoms with Gasteiger partial charge in [0.15, 0.2) is 0 Å². The van der Waals surface area contributed by atoms with E-state index in [0.717, 1.165) is 44.5 Å². The summed E-state index contributed by atoms with van der Waals surface area (Å²) < 4.78 is 0. The SMILES string of the molecule is OCCCCCc1ccc2c(n1)NCCC2. The van der Waals surface area contributed by atoms with Gasteiger partial charge in [-0.05, 0) is 43.7 Å². The molecule has 0 bridgehead atoms. The maximum atomic E-state index is 8.70. The molecule has 1 aliphatic rings. The van der Waals surface area contributed by atoms with Crippen molar-refractivity contribution in [2.24, 2.45) is 0 Å². The monoisotopic (exact) mass is 220 g/mol. The Morgan fingerprint density at radius 1 is 1.25 bits per heavy atom. The van der Waals surface area contributed by atoms with Gasteiger partial charge in [0.25, 0.3) is 0 Å². The quantitative estimate of drug-likeness (QED) is 0.747. The van der Waals surface area contributed by atoms with Crippen molar-refractivity contribution in [3.63, 3.8) is 0 Å². The van der Waals surface area contributed by atoms with Crippen molar-refractivity contribution in [3.05, 3.63) is 23.4 Å². The number of unbranched alkanes of at least 4 members (excludes halogenated alkanes) is 2. The fourth-order valence-corrected chi connectivity index (χ4v) is 2.10. The number of anilines is 1. The minimum Gasteiger partial charge on any atom is -0.396 e. The van der Waals surface area contributed by atoms with Gasteiger partial charge in [-0.1, -0.05) is 12.5 Å². The van der Waals surface area contributed by atoms with Crippen LogP contribution in [-0.4, -0.2) is 23.2 Å². The van der Waals surface area contributed by atoms with Crippen LogP contribution in [0.1, 0.15) is 36.9 Å². The highest BCUT2D eigenvalue weighted by atomic mass is 16.2. The highest BCUT2D eigenvalue weighted by molar-refractivity contribution is 5.46. The molecule has 88 valence electrons. The number of fused-ring (bicyclic) bond motifs is 1. The standard InChI is InChI=1S/C13H20N2O/c16-10-3-1-2-6-12-8-7-11-5-4-9-14-13(11)15-12/h7-8,16H,1-6,9-10H2,(H,14,15). The van der Waals surface area contributed by atoms with Gasteiger partial charge in [0.1, 0.15) is 5.82 Å². The average Bonchev–Trinajstić information content (AvgIpc) is 2.34. The Bertz CT molecular complexity index is 339. The molecule has 2 N–H and O–H groups in total. The van der Waals surface area contributed by atoms with Crippen molar-refractivity contribution in [1.29, 1.82) is 0 Å². The predicted octanol–water partition coefficient (Wildman–Crippen LogP) is 2.14. The third-order valence-corrected chi connectivity index (χ3v) is 3.04. The van der Waals surface area contributed by atoms with E-state index in [2.05, 4.69) is 22.4 Å². The summed E-state index contributed by atoms with van der Waals surface area (Å²) in [6, 6.07) is 4.35. The summed E-state index contributed by atoms with van der Waals surface area (Å²) in [6.45, 7) is 1.35. The van der Waals surface area contributed by atoms with Gasteiger partial charge in [0, 0.05) is 18.8 Å². The predicted molar refractivity (Wildman–Crippen MR) is 65.7 cm³/mol. The summed E-state index contributed by atoms with van der Waals surface area (Å²) >= 11 is 0. The van der Waals surface area contributed by atoms with E-state index < -0.39 is 0 Å². The molecule has 1 aromatic heterocycles. The molecular weight excluding hydrogens is 200 g/mol. The summed E-state index contributed by atoms with van der Waals surface area (Å²) in [6.07, 6.45) is 6.50. The van der Waals surface area contributed by atoms with E-state index in [9.17, 15) is 0 Å². The maximum Gasteiger partial charge on any atom is 0.129 e. The number of aromatic nitrogens is 1. The second-order valence-electron chi connectivity index (χ2n) is 4.37. The zero-order valence-corrected chi connectivity index (χ0v) is 9.71. The molecule has 1 aliphatic heterocycles. The fraction of sp³-hybridized carbons (Fsp3) is 0.615. The molecule has 3 nitrogen and oxygen atoms in total. The highest BCUT2D eigenvalue weighted by Crippen LogP contribution is 2.20. The van der Waals surface area contributed by atoms with Crippen LogP contribution in [0.2, 0.25) is 0 Å². The third kappa shape index (κ3) is 2.95. The molecule has 0 aliphatic carbocycles. The summed E-state index contributed by atoms with van der Waals surface area (Å²) in [7, 11) is 0. The second-order valence-corrected chi connectivity index (χ2v) is 4.37. The number of aliphatic hydroxyl groups is 1. The molecule has 0 saturated carbocycles. The topological polar surface area (TPSA) is 45.2 Å². The van der Waals surface area contributed by atoms with E-state index in [4.69, 9.17) is 5.11 Å². The molecule has 0 amide bonds. The van der Waals surface area contributed by atoms with E-state index in [1.165, 1.54) is 17.7 Å². The van der Waals surface area contributed by atoms with Gasteiger partial charge >= 0.3 is 0 Å². The summed E-state index contributed by atoms with van der Waals surface area (Å²) in [5.74, 6) is 1.09. The first-order valence-corrected chi connectivity index (χ1v) is 6.23. The van der Waals surface area contributed by atoms with Gasteiger partial charge in [0.2, 0.25) is 0 Å². The highest BCUT2D eigenvalue weighted by Gasteiger charge is 2.09. The van der Waals surface area contributed by atoms with Crippen LogP contribution in [0.15, 0.2) is 12.1 Å². The van der Waals surface area contributed by atoms with Gasteiger partial charge in [-0.3, -0.25) is 0 Å². The summed E-state index contributed by atoms with van der Waals surface area (Å²) in [4.78, 5) is 4.64. The first-order valence-electron chi connectivity index (χ1n) is 6.23. The summed E-state index contributed by atoms with van der Waals surface area (Å²) in [5, 5.41) is 12.0. The maximum absolute atomic E-state index is 8.70. The molecule has 0 fully saturated rings. The molecule has 0 saturated heterocycles. The van der Waals surface area contributed by atoms with Crippen LogP contribution in [0.3, 0.4) is 0 Å². The Morgan fingerprint density at radius 2 is 2.19 bits per heavy atom. The lowest BCUT2D eigenvalue weighted by atomic mass is 10.1. The molecule has 16 heavy (non-hydrogen) atoms. The number of pyridine rings is 1. The molecule has 2 heterocycles. The van der Waals surface area contributed by atoms with Gasteiger partial charge in [-0.25, -0.2) is 4.98 Å². The Labute approximate surface area is 96.9 Å². The first-order chi connectivity index (χ1) is 7.90. The Hall–Kier alpha value is -1.09. The summed E-state index contributed by atoms with van der Waals surface area (Å²) in [5.41, 5.74) is 2.52. The van der Waals surface area contributed by atoms with Crippen LogP contribution in [-0.2, 0) is 12.8 Å². The van der Waals surface area contributed by atoms with Crippen LogP contribution >= 0.6 is 0 Å². The zero-order chi connectivity index (χ0) is 11.2. The molecule has 1 aromatic rings. The smallest absolute Gasteiger partial charge is 0.129 e. The lowest BCUT2D eigenvalue weighted by Gasteiger charge is -2.17.